The molecule has 0 fully saturated rings. The van der Waals surface area contributed by atoms with Crippen molar-refractivity contribution in [1.29, 1.82) is 0 Å². The predicted molar refractivity (Wildman–Crippen MR) is 101 cm³/mol. The fourth-order valence-corrected chi connectivity index (χ4v) is 4.94. The van der Waals surface area contributed by atoms with E-state index >= 15 is 0 Å². The molecule has 4 rings (SSSR count). The first-order valence-corrected chi connectivity index (χ1v) is 10.3. The SMILES string of the molecule is CN(C)C(=O)c1c(F)cccc1S(=O)(=O)c1ccc2c3c(oc2c1)CNCC3. The van der Waals surface area contributed by atoms with Crippen molar-refractivity contribution in [1.82, 2.24) is 10.2 Å². The second kappa shape index (κ2) is 6.72. The van der Waals surface area contributed by atoms with Gasteiger partial charge < -0.3 is 14.6 Å². The Morgan fingerprint density at radius 2 is 2.00 bits per heavy atom. The minimum Gasteiger partial charge on any atom is -0.459 e. The second-order valence-electron chi connectivity index (χ2n) is 6.90. The molecule has 2 heterocycles. The normalized spacial score (nSPS) is 14.1. The van der Waals surface area contributed by atoms with Crippen LogP contribution in [-0.4, -0.2) is 39.9 Å². The van der Waals surface area contributed by atoms with Gasteiger partial charge in [0.1, 0.15) is 17.2 Å². The van der Waals surface area contributed by atoms with Gasteiger partial charge in [0.05, 0.1) is 21.9 Å². The molecule has 1 aliphatic heterocycles. The molecule has 0 radical (unpaired) electrons. The third kappa shape index (κ3) is 2.89. The fraction of sp³-hybridized carbons (Fsp3) is 0.250. The van der Waals surface area contributed by atoms with Gasteiger partial charge in [-0.1, -0.05) is 6.07 Å². The lowest BCUT2D eigenvalue weighted by atomic mass is 10.1. The van der Waals surface area contributed by atoms with Crippen molar-refractivity contribution in [3.63, 3.8) is 0 Å². The summed E-state index contributed by atoms with van der Waals surface area (Å²) in [5.74, 6) is -0.789. The molecule has 0 unspecified atom stereocenters. The Bertz CT molecular complexity index is 1200. The van der Waals surface area contributed by atoms with Gasteiger partial charge in [0.15, 0.2) is 0 Å². The fourth-order valence-electron chi connectivity index (χ4n) is 3.47. The van der Waals surface area contributed by atoms with Gasteiger partial charge in [0.25, 0.3) is 5.91 Å². The molecule has 146 valence electrons. The van der Waals surface area contributed by atoms with E-state index in [4.69, 9.17) is 4.42 Å². The van der Waals surface area contributed by atoms with Gasteiger partial charge in [-0.05, 0) is 37.2 Å². The van der Waals surface area contributed by atoms with Crippen LogP contribution in [0.3, 0.4) is 0 Å². The molecule has 8 heteroatoms. The number of carbonyl (C=O) groups excluding carboxylic acids is 1. The molecule has 1 aliphatic rings. The van der Waals surface area contributed by atoms with Crippen molar-refractivity contribution in [2.45, 2.75) is 22.8 Å². The summed E-state index contributed by atoms with van der Waals surface area (Å²) in [6.45, 7) is 1.43. The molecule has 6 nitrogen and oxygen atoms in total. The van der Waals surface area contributed by atoms with Crippen LogP contribution >= 0.6 is 0 Å². The number of sulfone groups is 1. The van der Waals surface area contributed by atoms with E-state index in [1.807, 2.05) is 0 Å². The van der Waals surface area contributed by atoms with Gasteiger partial charge in [-0.25, -0.2) is 12.8 Å². The minimum atomic E-state index is -4.13. The third-order valence-electron chi connectivity index (χ3n) is 4.88. The second-order valence-corrected chi connectivity index (χ2v) is 8.82. The first-order valence-electron chi connectivity index (χ1n) is 8.81. The number of rotatable bonds is 3. The zero-order valence-electron chi connectivity index (χ0n) is 15.5. The standard InChI is InChI=1S/C20H19FN2O4S/c1-23(2)20(24)19-15(21)4-3-5-18(19)28(25,26)12-6-7-13-14-8-9-22-11-17(14)27-16(13)10-12/h3-7,10,22H,8-9,11H2,1-2H3. The Kier molecular flexibility index (Phi) is 4.47. The number of hydrogen-bond acceptors (Lipinski definition) is 5. The van der Waals surface area contributed by atoms with Crippen molar-refractivity contribution in [2.24, 2.45) is 0 Å². The van der Waals surface area contributed by atoms with Crippen molar-refractivity contribution in [3.8, 4) is 0 Å². The Balaban J connectivity index is 1.88. The molecule has 0 saturated carbocycles. The molecule has 1 amide bonds. The molecule has 0 atom stereocenters. The zero-order chi connectivity index (χ0) is 20.1. The molecule has 0 aliphatic carbocycles. The van der Waals surface area contributed by atoms with Crippen molar-refractivity contribution >= 4 is 26.7 Å². The number of amides is 1. The van der Waals surface area contributed by atoms with Crippen LogP contribution in [0, 0.1) is 5.82 Å². The number of hydrogen-bond donors (Lipinski definition) is 1. The monoisotopic (exact) mass is 402 g/mol. The number of nitrogens with zero attached hydrogens (tertiary/aromatic N) is 1. The Labute approximate surface area is 161 Å². The summed E-state index contributed by atoms with van der Waals surface area (Å²) in [5.41, 5.74) is 1.08. The Morgan fingerprint density at radius 1 is 1.21 bits per heavy atom. The Hall–Kier alpha value is -2.71. The number of carbonyl (C=O) groups is 1. The van der Waals surface area contributed by atoms with E-state index in [2.05, 4.69) is 5.32 Å². The molecule has 1 N–H and O–H groups in total. The number of halogens is 1. The molecule has 28 heavy (non-hydrogen) atoms. The van der Waals surface area contributed by atoms with Crippen LogP contribution in [0.1, 0.15) is 21.7 Å². The van der Waals surface area contributed by atoms with E-state index in [0.29, 0.717) is 12.1 Å². The number of fused-ring (bicyclic) bond motifs is 3. The minimum absolute atomic E-state index is 0.0440. The molecule has 0 spiro atoms. The predicted octanol–water partition coefficient (Wildman–Crippen LogP) is 2.75. The highest BCUT2D eigenvalue weighted by molar-refractivity contribution is 7.91. The van der Waals surface area contributed by atoms with Crippen LogP contribution in [0.4, 0.5) is 4.39 Å². The quantitative estimate of drug-likeness (QED) is 0.729. The Morgan fingerprint density at radius 3 is 2.75 bits per heavy atom. The molecular formula is C20H19FN2O4S. The topological polar surface area (TPSA) is 79.6 Å². The summed E-state index contributed by atoms with van der Waals surface area (Å²) < 4.78 is 46.7. The van der Waals surface area contributed by atoms with Crippen LogP contribution in [0.25, 0.3) is 11.0 Å². The van der Waals surface area contributed by atoms with E-state index < -0.39 is 27.1 Å². The summed E-state index contributed by atoms with van der Waals surface area (Å²) in [6, 6.07) is 8.23. The average molecular weight is 402 g/mol. The summed E-state index contributed by atoms with van der Waals surface area (Å²) in [6.07, 6.45) is 0.805. The summed E-state index contributed by atoms with van der Waals surface area (Å²) in [5, 5.41) is 4.09. The first kappa shape index (κ1) is 18.6. The summed E-state index contributed by atoms with van der Waals surface area (Å²) >= 11 is 0. The lowest BCUT2D eigenvalue weighted by Gasteiger charge is -2.15. The van der Waals surface area contributed by atoms with Gasteiger partial charge in [-0.15, -0.1) is 0 Å². The maximum absolute atomic E-state index is 14.4. The van der Waals surface area contributed by atoms with Gasteiger partial charge in [-0.3, -0.25) is 4.79 Å². The summed E-state index contributed by atoms with van der Waals surface area (Å²) in [7, 11) is -1.24. The maximum atomic E-state index is 14.4. The molecule has 3 aromatic rings. The summed E-state index contributed by atoms with van der Waals surface area (Å²) in [4.78, 5) is 13.2. The van der Waals surface area contributed by atoms with Gasteiger partial charge in [-0.2, -0.15) is 0 Å². The lowest BCUT2D eigenvalue weighted by molar-refractivity contribution is 0.0819. The van der Waals surface area contributed by atoms with Crippen LogP contribution in [0.5, 0.6) is 0 Å². The molecule has 0 bridgehead atoms. The first-order chi connectivity index (χ1) is 13.3. The van der Waals surface area contributed by atoms with Crippen molar-refractivity contribution in [2.75, 3.05) is 20.6 Å². The smallest absolute Gasteiger partial charge is 0.257 e. The lowest BCUT2D eigenvalue weighted by Crippen LogP contribution is -2.25. The molecule has 1 aromatic heterocycles. The highest BCUT2D eigenvalue weighted by Crippen LogP contribution is 2.33. The van der Waals surface area contributed by atoms with Crippen LogP contribution < -0.4 is 5.32 Å². The number of furan rings is 1. The van der Waals surface area contributed by atoms with E-state index in [0.717, 1.165) is 40.6 Å². The zero-order valence-corrected chi connectivity index (χ0v) is 16.3. The van der Waals surface area contributed by atoms with E-state index in [9.17, 15) is 17.6 Å². The molecule has 2 aromatic carbocycles. The van der Waals surface area contributed by atoms with Gasteiger partial charge in [0.2, 0.25) is 9.84 Å². The van der Waals surface area contributed by atoms with Crippen LogP contribution in [0.2, 0.25) is 0 Å². The molecular weight excluding hydrogens is 383 g/mol. The van der Waals surface area contributed by atoms with Gasteiger partial charge in [0, 0.05) is 31.1 Å². The van der Waals surface area contributed by atoms with Crippen molar-refractivity contribution < 1.29 is 22.0 Å². The van der Waals surface area contributed by atoms with E-state index in [-0.39, 0.29) is 9.79 Å². The highest BCUT2D eigenvalue weighted by atomic mass is 32.2. The average Bonchev–Trinajstić information content (AvgIpc) is 3.05. The van der Waals surface area contributed by atoms with E-state index in [1.165, 1.54) is 38.4 Å². The number of benzene rings is 2. The van der Waals surface area contributed by atoms with Crippen LogP contribution in [-0.2, 0) is 22.8 Å². The highest BCUT2D eigenvalue weighted by Gasteiger charge is 2.29. The number of nitrogens with one attached hydrogen (secondary N) is 1. The van der Waals surface area contributed by atoms with E-state index in [1.54, 1.807) is 6.07 Å². The van der Waals surface area contributed by atoms with Crippen molar-refractivity contribution in [3.05, 3.63) is 59.1 Å². The third-order valence-corrected chi connectivity index (χ3v) is 6.67. The maximum Gasteiger partial charge on any atom is 0.257 e. The van der Waals surface area contributed by atoms with Crippen LogP contribution in [0.15, 0.2) is 50.6 Å². The van der Waals surface area contributed by atoms with Gasteiger partial charge >= 0.3 is 0 Å². The largest absolute Gasteiger partial charge is 0.459 e. The molecule has 0 saturated heterocycles.